The molecule has 0 saturated carbocycles. The third kappa shape index (κ3) is 3.66. The monoisotopic (exact) mass is 303 g/mol. The summed E-state index contributed by atoms with van der Waals surface area (Å²) in [5.41, 5.74) is 1.49. The molecule has 0 radical (unpaired) electrons. The van der Waals surface area contributed by atoms with Gasteiger partial charge in [0.15, 0.2) is 0 Å². The first-order valence-electron chi connectivity index (χ1n) is 7.33. The number of thioether (sulfide) groups is 1. The first-order chi connectivity index (χ1) is 10.0. The van der Waals surface area contributed by atoms with Crippen LogP contribution in [0.5, 0.6) is 0 Å². The van der Waals surface area contributed by atoms with E-state index < -0.39 is 0 Å². The molecule has 1 unspecified atom stereocenters. The minimum Gasteiger partial charge on any atom is -0.424 e. The molecule has 1 atom stereocenters. The van der Waals surface area contributed by atoms with E-state index in [0.717, 1.165) is 31.2 Å². The number of nitrogens with one attached hydrogen (secondary N) is 1. The summed E-state index contributed by atoms with van der Waals surface area (Å²) in [5, 5.41) is 12.1. The predicted molar refractivity (Wildman–Crippen MR) is 84.5 cm³/mol. The summed E-state index contributed by atoms with van der Waals surface area (Å²) in [7, 11) is 0. The molecule has 3 rings (SSSR count). The molecule has 1 aromatic carbocycles. The molecule has 0 aliphatic carbocycles. The Morgan fingerprint density at radius 2 is 2.10 bits per heavy atom. The summed E-state index contributed by atoms with van der Waals surface area (Å²) < 4.78 is 5.83. The standard InChI is InChI=1S/C16H21N3OS/c1-16(2,3)17-9-8-14-18-19-15(20-14)13-10-11-6-4-5-7-12(11)21-13/h4-7,13,17H,8-10H2,1-3H3. The van der Waals surface area contributed by atoms with Gasteiger partial charge < -0.3 is 9.73 Å². The minimum absolute atomic E-state index is 0.117. The van der Waals surface area contributed by atoms with Crippen molar-refractivity contribution in [2.45, 2.75) is 49.3 Å². The first-order valence-corrected chi connectivity index (χ1v) is 8.21. The topological polar surface area (TPSA) is 51.0 Å². The van der Waals surface area contributed by atoms with Gasteiger partial charge in [-0.25, -0.2) is 0 Å². The Kier molecular flexibility index (Phi) is 4.04. The van der Waals surface area contributed by atoms with Crippen LogP contribution in [0.25, 0.3) is 0 Å². The predicted octanol–water partition coefficient (Wildman–Crippen LogP) is 3.39. The van der Waals surface area contributed by atoms with Gasteiger partial charge in [0.1, 0.15) is 0 Å². The van der Waals surface area contributed by atoms with Crippen molar-refractivity contribution in [2.24, 2.45) is 0 Å². The van der Waals surface area contributed by atoms with Crippen LogP contribution in [-0.4, -0.2) is 22.3 Å². The smallest absolute Gasteiger partial charge is 0.230 e. The van der Waals surface area contributed by atoms with Crippen molar-refractivity contribution < 1.29 is 4.42 Å². The zero-order valence-electron chi connectivity index (χ0n) is 12.7. The van der Waals surface area contributed by atoms with Crippen LogP contribution < -0.4 is 5.32 Å². The number of fused-ring (bicyclic) bond motifs is 1. The largest absolute Gasteiger partial charge is 0.424 e. The van der Waals surface area contributed by atoms with Gasteiger partial charge in [-0.05, 0) is 38.8 Å². The molecule has 0 saturated heterocycles. The van der Waals surface area contributed by atoms with E-state index in [1.165, 1.54) is 10.5 Å². The molecular weight excluding hydrogens is 282 g/mol. The fourth-order valence-corrected chi connectivity index (χ4v) is 3.59. The number of nitrogens with zero attached hydrogens (tertiary/aromatic N) is 2. The molecule has 1 aliphatic rings. The summed E-state index contributed by atoms with van der Waals surface area (Å²) in [4.78, 5) is 1.33. The van der Waals surface area contributed by atoms with Crippen molar-refractivity contribution in [3.05, 3.63) is 41.6 Å². The molecule has 4 nitrogen and oxygen atoms in total. The van der Waals surface area contributed by atoms with Crippen LogP contribution in [0.3, 0.4) is 0 Å². The maximum absolute atomic E-state index is 5.83. The molecule has 21 heavy (non-hydrogen) atoms. The lowest BCUT2D eigenvalue weighted by Gasteiger charge is -2.19. The van der Waals surface area contributed by atoms with Gasteiger partial charge in [-0.3, -0.25) is 0 Å². The van der Waals surface area contributed by atoms with E-state index in [2.05, 4.69) is 60.6 Å². The van der Waals surface area contributed by atoms with Crippen LogP contribution in [0.1, 0.15) is 43.4 Å². The van der Waals surface area contributed by atoms with Crippen molar-refractivity contribution in [3.8, 4) is 0 Å². The van der Waals surface area contributed by atoms with Gasteiger partial charge in [-0.2, -0.15) is 0 Å². The quantitative estimate of drug-likeness (QED) is 0.938. The second-order valence-corrected chi connectivity index (χ2v) is 7.62. The normalized spacial score (nSPS) is 18.0. The maximum atomic E-state index is 5.83. The molecule has 1 aliphatic heterocycles. The van der Waals surface area contributed by atoms with Gasteiger partial charge in [-0.1, -0.05) is 18.2 Å². The summed E-state index contributed by atoms with van der Waals surface area (Å²) in [5.74, 6) is 1.47. The van der Waals surface area contributed by atoms with Crippen LogP contribution in [0.15, 0.2) is 33.6 Å². The van der Waals surface area contributed by atoms with Crippen LogP contribution in [0.4, 0.5) is 0 Å². The highest BCUT2D eigenvalue weighted by atomic mass is 32.2. The lowest BCUT2D eigenvalue weighted by Crippen LogP contribution is -2.37. The Morgan fingerprint density at radius 1 is 1.29 bits per heavy atom. The van der Waals surface area contributed by atoms with Crippen LogP contribution in [0, 0.1) is 0 Å². The molecule has 1 N–H and O–H groups in total. The third-order valence-electron chi connectivity index (χ3n) is 3.40. The summed E-state index contributed by atoms with van der Waals surface area (Å²) >= 11 is 1.82. The van der Waals surface area contributed by atoms with Crippen LogP contribution in [0.2, 0.25) is 0 Å². The zero-order chi connectivity index (χ0) is 14.9. The van der Waals surface area contributed by atoms with E-state index in [1.54, 1.807) is 0 Å². The maximum Gasteiger partial charge on any atom is 0.230 e. The lowest BCUT2D eigenvalue weighted by molar-refractivity contribution is 0.400. The lowest BCUT2D eigenvalue weighted by atomic mass is 10.1. The van der Waals surface area contributed by atoms with Crippen molar-refractivity contribution >= 4 is 11.8 Å². The number of rotatable bonds is 4. The molecule has 0 spiro atoms. The molecular formula is C16H21N3OS. The van der Waals surface area contributed by atoms with Crippen molar-refractivity contribution in [3.63, 3.8) is 0 Å². The Balaban J connectivity index is 1.59. The molecule has 2 aromatic rings. The van der Waals surface area contributed by atoms with Crippen molar-refractivity contribution in [1.82, 2.24) is 15.5 Å². The number of aromatic nitrogens is 2. The SMILES string of the molecule is CC(C)(C)NCCc1nnc(C2Cc3ccccc3S2)o1. The number of benzene rings is 1. The van der Waals surface area contributed by atoms with E-state index in [9.17, 15) is 0 Å². The van der Waals surface area contributed by atoms with Crippen LogP contribution >= 0.6 is 11.8 Å². The van der Waals surface area contributed by atoms with Gasteiger partial charge in [-0.15, -0.1) is 22.0 Å². The molecule has 112 valence electrons. The highest BCUT2D eigenvalue weighted by Crippen LogP contribution is 2.45. The minimum atomic E-state index is 0.117. The molecule has 0 bridgehead atoms. The fourth-order valence-electron chi connectivity index (χ4n) is 2.36. The van der Waals surface area contributed by atoms with E-state index in [0.29, 0.717) is 0 Å². The van der Waals surface area contributed by atoms with Gasteiger partial charge in [0.25, 0.3) is 0 Å². The molecule has 5 heteroatoms. The van der Waals surface area contributed by atoms with Gasteiger partial charge in [0.05, 0.1) is 5.25 Å². The fraction of sp³-hybridized carbons (Fsp3) is 0.500. The number of hydrogen-bond acceptors (Lipinski definition) is 5. The Bertz CT molecular complexity index is 593. The average molecular weight is 303 g/mol. The third-order valence-corrected chi connectivity index (χ3v) is 4.70. The molecule has 2 heterocycles. The molecule has 0 amide bonds. The van der Waals surface area contributed by atoms with E-state index in [-0.39, 0.29) is 10.8 Å². The van der Waals surface area contributed by atoms with Crippen molar-refractivity contribution in [2.75, 3.05) is 6.54 Å². The van der Waals surface area contributed by atoms with Gasteiger partial charge in [0.2, 0.25) is 11.8 Å². The average Bonchev–Trinajstić information content (AvgIpc) is 3.02. The van der Waals surface area contributed by atoms with E-state index in [1.807, 2.05) is 11.8 Å². The zero-order valence-corrected chi connectivity index (χ0v) is 13.5. The summed E-state index contributed by atoms with van der Waals surface area (Å²) in [6.45, 7) is 7.30. The second kappa shape index (κ2) is 5.81. The van der Waals surface area contributed by atoms with E-state index in [4.69, 9.17) is 4.42 Å². The summed E-state index contributed by atoms with van der Waals surface area (Å²) in [6, 6.07) is 8.49. The Morgan fingerprint density at radius 3 is 2.86 bits per heavy atom. The van der Waals surface area contributed by atoms with E-state index >= 15 is 0 Å². The highest BCUT2D eigenvalue weighted by molar-refractivity contribution is 7.99. The van der Waals surface area contributed by atoms with Gasteiger partial charge >= 0.3 is 0 Å². The number of hydrogen-bond donors (Lipinski definition) is 1. The summed E-state index contributed by atoms with van der Waals surface area (Å²) in [6.07, 6.45) is 1.75. The Hall–Kier alpha value is -1.33. The van der Waals surface area contributed by atoms with Gasteiger partial charge in [0, 0.05) is 23.4 Å². The first kappa shape index (κ1) is 14.6. The molecule has 0 fully saturated rings. The van der Waals surface area contributed by atoms with Crippen molar-refractivity contribution in [1.29, 1.82) is 0 Å². The highest BCUT2D eigenvalue weighted by Gasteiger charge is 2.27. The Labute approximate surface area is 129 Å². The second-order valence-electron chi connectivity index (χ2n) is 6.38. The van der Waals surface area contributed by atoms with Crippen LogP contribution in [-0.2, 0) is 12.8 Å². The molecule has 1 aromatic heterocycles.